The molecule has 2 amide bonds. The summed E-state index contributed by atoms with van der Waals surface area (Å²) in [5.74, 6) is -2.62. The van der Waals surface area contributed by atoms with Crippen molar-refractivity contribution in [2.45, 2.75) is 96.6 Å². The van der Waals surface area contributed by atoms with Gasteiger partial charge in [0.05, 0.1) is 30.8 Å². The Bertz CT molecular complexity index is 727. The number of esters is 1. The SMILES string of the molecule is CCCC(C)NC(=O)C1N([C@@H](CO)C(C)C)C(=O)[C@@H]2[C@@H](C(=O)OCC)[C@@]3(C)CCC12O3. The summed E-state index contributed by atoms with van der Waals surface area (Å²) in [5.41, 5.74) is -1.92. The summed E-state index contributed by atoms with van der Waals surface area (Å²) in [7, 11) is 0. The van der Waals surface area contributed by atoms with Crippen LogP contribution in [0.2, 0.25) is 0 Å². The minimum atomic E-state index is -1.08. The maximum Gasteiger partial charge on any atom is 0.312 e. The van der Waals surface area contributed by atoms with E-state index in [4.69, 9.17) is 9.47 Å². The van der Waals surface area contributed by atoms with Gasteiger partial charge < -0.3 is 24.8 Å². The van der Waals surface area contributed by atoms with Crippen molar-refractivity contribution in [1.82, 2.24) is 10.2 Å². The van der Waals surface area contributed by atoms with Crippen LogP contribution in [0.15, 0.2) is 0 Å². The Morgan fingerprint density at radius 3 is 2.52 bits per heavy atom. The van der Waals surface area contributed by atoms with Crippen molar-refractivity contribution < 1.29 is 29.0 Å². The van der Waals surface area contributed by atoms with Gasteiger partial charge in [0, 0.05) is 6.04 Å². The Balaban J connectivity index is 2.07. The van der Waals surface area contributed by atoms with E-state index < -0.39 is 41.1 Å². The summed E-state index contributed by atoms with van der Waals surface area (Å²) in [5, 5.41) is 13.2. The zero-order valence-corrected chi connectivity index (χ0v) is 19.6. The van der Waals surface area contributed by atoms with Crippen molar-refractivity contribution in [3.8, 4) is 0 Å². The van der Waals surface area contributed by atoms with Crippen molar-refractivity contribution in [3.05, 3.63) is 0 Å². The zero-order valence-electron chi connectivity index (χ0n) is 19.6. The number of nitrogens with zero attached hydrogens (tertiary/aromatic N) is 1. The van der Waals surface area contributed by atoms with E-state index in [1.807, 2.05) is 27.7 Å². The number of ether oxygens (including phenoxy) is 2. The highest BCUT2D eigenvalue weighted by Gasteiger charge is 2.78. The average Bonchev–Trinajstić information content (AvgIpc) is 3.24. The van der Waals surface area contributed by atoms with Crippen LogP contribution in [0.4, 0.5) is 0 Å². The molecule has 3 heterocycles. The molecule has 3 unspecified atom stereocenters. The lowest BCUT2D eigenvalue weighted by molar-refractivity contribution is -0.160. The second-order valence-electron chi connectivity index (χ2n) is 9.92. The zero-order chi connectivity index (χ0) is 23.1. The molecule has 7 atom stereocenters. The number of aliphatic hydroxyl groups excluding tert-OH is 1. The standard InChI is InChI=1S/C23H38N2O6/c1-7-9-14(5)24-19(27)18-23-11-10-22(6,31-23)17(21(29)30-8-2)16(23)20(28)25(18)15(12-26)13(3)4/h13-18,26H,7-12H2,1-6H3,(H,24,27)/t14?,15-,16-,17-,18?,22+,23?/m0/s1. The van der Waals surface area contributed by atoms with Crippen molar-refractivity contribution in [2.24, 2.45) is 17.8 Å². The van der Waals surface area contributed by atoms with Crippen molar-refractivity contribution in [2.75, 3.05) is 13.2 Å². The summed E-state index contributed by atoms with van der Waals surface area (Å²) in [6, 6.07) is -1.47. The number of carbonyl (C=O) groups excluding carboxylic acids is 3. The minimum Gasteiger partial charge on any atom is -0.466 e. The summed E-state index contributed by atoms with van der Waals surface area (Å²) < 4.78 is 11.8. The summed E-state index contributed by atoms with van der Waals surface area (Å²) in [6.07, 6.45) is 2.84. The van der Waals surface area contributed by atoms with Crippen molar-refractivity contribution in [1.29, 1.82) is 0 Å². The number of rotatable bonds is 9. The monoisotopic (exact) mass is 438 g/mol. The fourth-order valence-electron chi connectivity index (χ4n) is 6.06. The normalized spacial score (nSPS) is 35.9. The molecule has 0 aromatic heterocycles. The Kier molecular flexibility index (Phi) is 6.73. The van der Waals surface area contributed by atoms with Gasteiger partial charge in [-0.25, -0.2) is 0 Å². The van der Waals surface area contributed by atoms with E-state index in [0.717, 1.165) is 12.8 Å². The van der Waals surface area contributed by atoms with Gasteiger partial charge in [-0.05, 0) is 46.0 Å². The Morgan fingerprint density at radius 2 is 1.97 bits per heavy atom. The van der Waals surface area contributed by atoms with Crippen LogP contribution < -0.4 is 5.32 Å². The maximum atomic E-state index is 13.8. The number of likely N-dealkylation sites (tertiary alicyclic amines) is 1. The smallest absolute Gasteiger partial charge is 0.312 e. The van der Waals surface area contributed by atoms with Crippen LogP contribution in [0.3, 0.4) is 0 Å². The second-order valence-corrected chi connectivity index (χ2v) is 9.92. The first-order valence-corrected chi connectivity index (χ1v) is 11.7. The molecule has 0 aliphatic carbocycles. The molecule has 8 nitrogen and oxygen atoms in total. The van der Waals surface area contributed by atoms with E-state index in [1.54, 1.807) is 6.92 Å². The first-order chi connectivity index (χ1) is 14.6. The predicted octanol–water partition coefficient (Wildman–Crippen LogP) is 1.64. The number of carbonyl (C=O) groups is 3. The lowest BCUT2D eigenvalue weighted by atomic mass is 9.66. The number of aliphatic hydroxyl groups is 1. The molecule has 31 heavy (non-hydrogen) atoms. The molecule has 8 heteroatoms. The molecule has 176 valence electrons. The number of amides is 2. The quantitative estimate of drug-likeness (QED) is 0.530. The van der Waals surface area contributed by atoms with Gasteiger partial charge in [-0.15, -0.1) is 0 Å². The topological polar surface area (TPSA) is 105 Å². The molecule has 3 fully saturated rings. The Hall–Kier alpha value is -1.67. The molecule has 3 rings (SSSR count). The molecule has 0 aromatic carbocycles. The number of hydrogen-bond acceptors (Lipinski definition) is 6. The molecule has 2 N–H and O–H groups in total. The molecule has 3 saturated heterocycles. The van der Waals surface area contributed by atoms with Gasteiger partial charge in [-0.3, -0.25) is 14.4 Å². The number of fused-ring (bicyclic) bond motifs is 1. The average molecular weight is 439 g/mol. The summed E-state index contributed by atoms with van der Waals surface area (Å²) >= 11 is 0. The maximum absolute atomic E-state index is 13.8. The van der Waals surface area contributed by atoms with E-state index >= 15 is 0 Å². The molecular formula is C23H38N2O6. The van der Waals surface area contributed by atoms with E-state index in [2.05, 4.69) is 12.2 Å². The van der Waals surface area contributed by atoms with E-state index in [-0.39, 0.29) is 37.0 Å². The van der Waals surface area contributed by atoms with E-state index in [1.165, 1.54) is 4.90 Å². The molecule has 1 spiro atoms. The lowest BCUT2D eigenvalue weighted by Crippen LogP contribution is -2.59. The van der Waals surface area contributed by atoms with Crippen LogP contribution in [-0.4, -0.2) is 70.3 Å². The summed E-state index contributed by atoms with van der Waals surface area (Å²) in [4.78, 5) is 41.8. The third-order valence-electron chi connectivity index (χ3n) is 7.43. The van der Waals surface area contributed by atoms with Gasteiger partial charge in [0.15, 0.2) is 0 Å². The fourth-order valence-corrected chi connectivity index (χ4v) is 6.06. The molecule has 0 radical (unpaired) electrons. The second kappa shape index (κ2) is 8.70. The van der Waals surface area contributed by atoms with E-state index in [0.29, 0.717) is 12.8 Å². The molecule has 2 bridgehead atoms. The van der Waals surface area contributed by atoms with E-state index in [9.17, 15) is 19.5 Å². The molecule has 3 aliphatic rings. The van der Waals surface area contributed by atoms with Crippen LogP contribution in [0, 0.1) is 17.8 Å². The van der Waals surface area contributed by atoms with Crippen LogP contribution >= 0.6 is 0 Å². The highest BCUT2D eigenvalue weighted by Crippen LogP contribution is 2.63. The van der Waals surface area contributed by atoms with Gasteiger partial charge in [0.25, 0.3) is 0 Å². The third kappa shape index (κ3) is 3.65. The predicted molar refractivity (Wildman–Crippen MR) is 114 cm³/mol. The van der Waals surface area contributed by atoms with Gasteiger partial charge >= 0.3 is 5.97 Å². The van der Waals surface area contributed by atoms with Gasteiger partial charge in [-0.2, -0.15) is 0 Å². The van der Waals surface area contributed by atoms with Crippen LogP contribution in [-0.2, 0) is 23.9 Å². The Labute approximate surface area is 185 Å². The first-order valence-electron chi connectivity index (χ1n) is 11.7. The highest BCUT2D eigenvalue weighted by atomic mass is 16.6. The van der Waals surface area contributed by atoms with Crippen molar-refractivity contribution >= 4 is 17.8 Å². The van der Waals surface area contributed by atoms with Gasteiger partial charge in [0.1, 0.15) is 17.6 Å². The molecular weight excluding hydrogens is 400 g/mol. The number of hydrogen-bond donors (Lipinski definition) is 2. The molecule has 3 aliphatic heterocycles. The third-order valence-corrected chi connectivity index (χ3v) is 7.43. The molecule has 0 saturated carbocycles. The molecule has 0 aromatic rings. The minimum absolute atomic E-state index is 0.0495. The van der Waals surface area contributed by atoms with Crippen LogP contribution in [0.1, 0.15) is 67.2 Å². The Morgan fingerprint density at radius 1 is 1.29 bits per heavy atom. The largest absolute Gasteiger partial charge is 0.466 e. The highest BCUT2D eigenvalue weighted by molar-refractivity contribution is 5.98. The van der Waals surface area contributed by atoms with Gasteiger partial charge in [-0.1, -0.05) is 27.2 Å². The van der Waals surface area contributed by atoms with Gasteiger partial charge in [0.2, 0.25) is 11.8 Å². The van der Waals surface area contributed by atoms with Crippen LogP contribution in [0.5, 0.6) is 0 Å². The van der Waals surface area contributed by atoms with Crippen molar-refractivity contribution in [3.63, 3.8) is 0 Å². The number of nitrogens with one attached hydrogen (secondary N) is 1. The lowest BCUT2D eigenvalue weighted by Gasteiger charge is -2.39. The van der Waals surface area contributed by atoms with Crippen LogP contribution in [0.25, 0.3) is 0 Å². The summed E-state index contributed by atoms with van der Waals surface area (Å²) in [6.45, 7) is 11.4. The first kappa shape index (κ1) is 24.0. The fraction of sp³-hybridized carbons (Fsp3) is 0.870.